The molecule has 0 spiro atoms. The van der Waals surface area contributed by atoms with Crippen molar-refractivity contribution in [2.24, 2.45) is 0 Å². The molecule has 1 aliphatic heterocycles. The average molecular weight is 191 g/mol. The van der Waals surface area contributed by atoms with Gasteiger partial charge in [0.1, 0.15) is 6.04 Å². The zero-order valence-electron chi connectivity index (χ0n) is 7.16. The lowest BCUT2D eigenvalue weighted by atomic mass is 10.3. The molecule has 0 aliphatic carbocycles. The number of ether oxygens (including phenoxy) is 1. The summed E-state index contributed by atoms with van der Waals surface area (Å²) in [5.74, 6) is -0.183. The van der Waals surface area contributed by atoms with Crippen LogP contribution >= 0.6 is 11.8 Å². The lowest BCUT2D eigenvalue weighted by Crippen LogP contribution is -2.45. The number of aliphatic carboxylic acids is 1. The number of methoxy groups -OCH3 is 1. The molecule has 0 radical (unpaired) electrons. The predicted molar refractivity (Wildman–Crippen MR) is 47.3 cm³/mol. The third kappa shape index (κ3) is 2.12. The molecule has 1 fully saturated rings. The lowest BCUT2D eigenvalue weighted by molar-refractivity contribution is -0.138. The predicted octanol–water partition coefficient (Wildman–Crippen LogP) is 0.139. The molecule has 0 aromatic rings. The molecule has 1 saturated heterocycles. The maximum atomic E-state index is 10.6. The molecule has 0 bridgehead atoms. The van der Waals surface area contributed by atoms with E-state index in [4.69, 9.17) is 9.84 Å². The van der Waals surface area contributed by atoms with Gasteiger partial charge in [0.15, 0.2) is 0 Å². The van der Waals surface area contributed by atoms with E-state index in [-0.39, 0.29) is 4.87 Å². The molecule has 0 aromatic heterocycles. The van der Waals surface area contributed by atoms with Gasteiger partial charge in [-0.2, -0.15) is 0 Å². The van der Waals surface area contributed by atoms with Crippen LogP contribution in [0.3, 0.4) is 0 Å². The highest BCUT2D eigenvalue weighted by Gasteiger charge is 2.38. The van der Waals surface area contributed by atoms with Crippen LogP contribution in [0.5, 0.6) is 0 Å². The molecule has 2 unspecified atom stereocenters. The fraction of sp³-hybridized carbons (Fsp3) is 0.857. The van der Waals surface area contributed by atoms with E-state index in [1.807, 2.05) is 6.92 Å². The number of hydrogen-bond donors (Lipinski definition) is 2. The second kappa shape index (κ2) is 3.64. The summed E-state index contributed by atoms with van der Waals surface area (Å²) in [5, 5.41) is 11.7. The van der Waals surface area contributed by atoms with Gasteiger partial charge >= 0.3 is 5.97 Å². The van der Waals surface area contributed by atoms with E-state index < -0.39 is 12.0 Å². The summed E-state index contributed by atoms with van der Waals surface area (Å²) in [5.41, 5.74) is 0. The highest BCUT2D eigenvalue weighted by atomic mass is 32.2. The summed E-state index contributed by atoms with van der Waals surface area (Å²) in [6.07, 6.45) is 0. The Bertz CT molecular complexity index is 187. The van der Waals surface area contributed by atoms with E-state index in [1.165, 1.54) is 0 Å². The van der Waals surface area contributed by atoms with E-state index >= 15 is 0 Å². The van der Waals surface area contributed by atoms with Crippen molar-refractivity contribution in [2.75, 3.05) is 19.5 Å². The number of hydrogen-bond acceptors (Lipinski definition) is 4. The minimum Gasteiger partial charge on any atom is -0.480 e. The van der Waals surface area contributed by atoms with Crippen LogP contribution in [0.2, 0.25) is 0 Å². The second-order valence-corrected chi connectivity index (χ2v) is 4.53. The third-order valence-corrected chi connectivity index (χ3v) is 3.14. The van der Waals surface area contributed by atoms with Gasteiger partial charge < -0.3 is 9.84 Å². The second-order valence-electron chi connectivity index (χ2n) is 3.01. The van der Waals surface area contributed by atoms with Crippen molar-refractivity contribution in [3.05, 3.63) is 0 Å². The minimum absolute atomic E-state index is 0.238. The van der Waals surface area contributed by atoms with Crippen molar-refractivity contribution in [3.63, 3.8) is 0 Å². The van der Waals surface area contributed by atoms with Gasteiger partial charge in [0.05, 0.1) is 11.5 Å². The van der Waals surface area contributed by atoms with Crippen molar-refractivity contribution in [1.82, 2.24) is 5.32 Å². The van der Waals surface area contributed by atoms with E-state index in [2.05, 4.69) is 5.32 Å². The highest BCUT2D eigenvalue weighted by Crippen LogP contribution is 2.29. The number of rotatable bonds is 3. The van der Waals surface area contributed by atoms with Crippen molar-refractivity contribution in [2.45, 2.75) is 17.8 Å². The number of carboxylic acid groups (broad SMARTS) is 1. The Hall–Kier alpha value is -0.260. The molecular weight excluding hydrogens is 178 g/mol. The summed E-state index contributed by atoms with van der Waals surface area (Å²) in [7, 11) is 1.61. The number of carboxylic acids is 1. The maximum absolute atomic E-state index is 10.6. The fourth-order valence-corrected chi connectivity index (χ4v) is 2.40. The summed E-state index contributed by atoms with van der Waals surface area (Å²) in [6.45, 7) is 2.48. The molecule has 0 amide bonds. The van der Waals surface area contributed by atoms with E-state index in [1.54, 1.807) is 18.9 Å². The number of nitrogens with one attached hydrogen (secondary N) is 1. The molecular formula is C7H13NO3S. The van der Waals surface area contributed by atoms with Gasteiger partial charge in [-0.15, -0.1) is 11.8 Å². The van der Waals surface area contributed by atoms with Crippen LogP contribution in [0.4, 0.5) is 0 Å². The van der Waals surface area contributed by atoms with Crippen molar-refractivity contribution in [3.8, 4) is 0 Å². The Morgan fingerprint density at radius 2 is 2.58 bits per heavy atom. The van der Waals surface area contributed by atoms with Gasteiger partial charge in [-0.1, -0.05) is 0 Å². The van der Waals surface area contributed by atoms with Gasteiger partial charge in [-0.25, -0.2) is 0 Å². The highest BCUT2D eigenvalue weighted by molar-refractivity contribution is 8.00. The first-order chi connectivity index (χ1) is 5.57. The third-order valence-electron chi connectivity index (χ3n) is 1.77. The molecule has 2 atom stereocenters. The standard InChI is InChI=1S/C7H13NO3S/c1-7(4-11-2)8-5(3-12-7)6(9)10/h5,8H,3-4H2,1-2H3,(H,9,10). The average Bonchev–Trinajstić information content (AvgIpc) is 2.33. The monoisotopic (exact) mass is 191 g/mol. The van der Waals surface area contributed by atoms with Crippen LogP contribution in [0.1, 0.15) is 6.92 Å². The fourth-order valence-electron chi connectivity index (χ4n) is 1.21. The van der Waals surface area contributed by atoms with Crippen LogP contribution in [0, 0.1) is 0 Å². The van der Waals surface area contributed by atoms with Gasteiger partial charge in [0, 0.05) is 12.9 Å². The summed E-state index contributed by atoms with van der Waals surface area (Å²) >= 11 is 1.59. The van der Waals surface area contributed by atoms with Crippen LogP contribution in [-0.4, -0.2) is 41.5 Å². The van der Waals surface area contributed by atoms with Crippen molar-refractivity contribution in [1.29, 1.82) is 0 Å². The molecule has 1 rings (SSSR count). The lowest BCUT2D eigenvalue weighted by Gasteiger charge is -2.22. The Balaban J connectivity index is 2.48. The Morgan fingerprint density at radius 3 is 3.00 bits per heavy atom. The SMILES string of the molecule is COCC1(C)NC(C(=O)O)CS1. The van der Waals surface area contributed by atoms with Crippen LogP contribution in [0.15, 0.2) is 0 Å². The van der Waals surface area contributed by atoms with Gasteiger partial charge in [-0.05, 0) is 6.92 Å². The van der Waals surface area contributed by atoms with Gasteiger partial charge in [0.2, 0.25) is 0 Å². The zero-order chi connectivity index (χ0) is 9.19. The van der Waals surface area contributed by atoms with E-state index in [0.29, 0.717) is 12.4 Å². The maximum Gasteiger partial charge on any atom is 0.321 e. The molecule has 70 valence electrons. The van der Waals surface area contributed by atoms with E-state index in [9.17, 15) is 4.79 Å². The first-order valence-electron chi connectivity index (χ1n) is 3.71. The molecule has 12 heavy (non-hydrogen) atoms. The van der Waals surface area contributed by atoms with Crippen LogP contribution in [0.25, 0.3) is 0 Å². The van der Waals surface area contributed by atoms with Crippen molar-refractivity contribution < 1.29 is 14.6 Å². The Kier molecular flexibility index (Phi) is 2.98. The normalized spacial score (nSPS) is 35.3. The molecule has 1 aliphatic rings. The molecule has 0 saturated carbocycles. The summed E-state index contributed by atoms with van der Waals surface area (Å²) in [6, 6.07) is -0.435. The summed E-state index contributed by atoms with van der Waals surface area (Å²) in [4.78, 5) is 10.3. The topological polar surface area (TPSA) is 58.6 Å². The smallest absolute Gasteiger partial charge is 0.321 e. The quantitative estimate of drug-likeness (QED) is 0.664. The first kappa shape index (κ1) is 9.83. The summed E-state index contributed by atoms with van der Waals surface area (Å²) < 4.78 is 4.98. The molecule has 5 heteroatoms. The molecule has 2 N–H and O–H groups in total. The van der Waals surface area contributed by atoms with Crippen molar-refractivity contribution >= 4 is 17.7 Å². The minimum atomic E-state index is -0.790. The molecule has 4 nitrogen and oxygen atoms in total. The van der Waals surface area contributed by atoms with Gasteiger partial charge in [0.25, 0.3) is 0 Å². The Morgan fingerprint density at radius 1 is 1.92 bits per heavy atom. The molecule has 0 aromatic carbocycles. The van der Waals surface area contributed by atoms with E-state index in [0.717, 1.165) is 0 Å². The zero-order valence-corrected chi connectivity index (χ0v) is 7.98. The van der Waals surface area contributed by atoms with Crippen LogP contribution < -0.4 is 5.32 Å². The first-order valence-corrected chi connectivity index (χ1v) is 4.69. The molecule has 1 heterocycles. The van der Waals surface area contributed by atoms with Gasteiger partial charge in [-0.3, -0.25) is 10.1 Å². The van der Waals surface area contributed by atoms with Crippen LogP contribution in [-0.2, 0) is 9.53 Å². The Labute approximate surface area is 75.7 Å². The number of carbonyl (C=O) groups is 1. The number of thioether (sulfide) groups is 1. The largest absolute Gasteiger partial charge is 0.480 e.